The summed E-state index contributed by atoms with van der Waals surface area (Å²) in [5.41, 5.74) is 4.14. The standard InChI is InChI=1S/C22H18N2O2/c1-16-6-10-18(11-7-16)24-15-14-20(23-24)17-8-12-19(13-9-17)26-22-5-3-2-4-21(22)25/h2-15,25H,1H3. The third-order valence-electron chi connectivity index (χ3n) is 4.13. The van der Waals surface area contributed by atoms with Crippen LogP contribution in [0, 0.1) is 6.92 Å². The molecule has 3 aromatic carbocycles. The second-order valence-corrected chi connectivity index (χ2v) is 6.08. The normalized spacial score (nSPS) is 10.7. The van der Waals surface area contributed by atoms with E-state index in [2.05, 4.69) is 36.3 Å². The Kier molecular flexibility index (Phi) is 4.15. The highest BCUT2D eigenvalue weighted by molar-refractivity contribution is 5.60. The van der Waals surface area contributed by atoms with E-state index in [1.165, 1.54) is 5.56 Å². The molecule has 0 radical (unpaired) electrons. The summed E-state index contributed by atoms with van der Waals surface area (Å²) in [5.74, 6) is 1.21. The number of phenols is 1. The lowest BCUT2D eigenvalue weighted by atomic mass is 10.1. The molecule has 4 rings (SSSR count). The third kappa shape index (κ3) is 3.30. The number of aromatic nitrogens is 2. The van der Waals surface area contributed by atoms with Crippen molar-refractivity contribution in [2.24, 2.45) is 0 Å². The molecule has 0 atom stereocenters. The van der Waals surface area contributed by atoms with Crippen molar-refractivity contribution in [1.82, 2.24) is 9.78 Å². The average Bonchev–Trinajstić information content (AvgIpc) is 3.15. The van der Waals surface area contributed by atoms with Gasteiger partial charge in [-0.1, -0.05) is 29.8 Å². The van der Waals surface area contributed by atoms with Crippen LogP contribution in [0.3, 0.4) is 0 Å². The average molecular weight is 342 g/mol. The van der Waals surface area contributed by atoms with Crippen LogP contribution in [0.25, 0.3) is 16.9 Å². The highest BCUT2D eigenvalue weighted by Crippen LogP contribution is 2.31. The van der Waals surface area contributed by atoms with E-state index in [0.29, 0.717) is 11.5 Å². The molecule has 0 bridgehead atoms. The summed E-state index contributed by atoms with van der Waals surface area (Å²) in [4.78, 5) is 0. The highest BCUT2D eigenvalue weighted by atomic mass is 16.5. The van der Waals surface area contributed by atoms with Gasteiger partial charge in [0.05, 0.1) is 11.4 Å². The molecule has 4 heteroatoms. The first-order chi connectivity index (χ1) is 12.7. The monoisotopic (exact) mass is 342 g/mol. The van der Waals surface area contributed by atoms with Crippen molar-refractivity contribution in [3.8, 4) is 34.2 Å². The van der Waals surface area contributed by atoms with E-state index in [1.54, 1.807) is 18.2 Å². The Balaban J connectivity index is 1.54. The Morgan fingerprint density at radius 2 is 1.58 bits per heavy atom. The molecule has 4 nitrogen and oxygen atoms in total. The molecule has 0 aliphatic carbocycles. The Bertz CT molecular complexity index is 1020. The zero-order valence-electron chi connectivity index (χ0n) is 14.3. The number of para-hydroxylation sites is 2. The summed E-state index contributed by atoms with van der Waals surface area (Å²) in [6, 6.07) is 24.8. The van der Waals surface area contributed by atoms with Crippen LogP contribution >= 0.6 is 0 Å². The first-order valence-electron chi connectivity index (χ1n) is 8.38. The zero-order chi connectivity index (χ0) is 17.9. The highest BCUT2D eigenvalue weighted by Gasteiger charge is 2.06. The minimum atomic E-state index is 0.119. The summed E-state index contributed by atoms with van der Waals surface area (Å²) >= 11 is 0. The van der Waals surface area contributed by atoms with Crippen LogP contribution in [-0.2, 0) is 0 Å². The molecule has 128 valence electrons. The minimum Gasteiger partial charge on any atom is -0.504 e. The lowest BCUT2D eigenvalue weighted by molar-refractivity contribution is 0.411. The number of aryl methyl sites for hydroxylation is 1. The van der Waals surface area contributed by atoms with E-state index < -0.39 is 0 Å². The van der Waals surface area contributed by atoms with Gasteiger partial charge >= 0.3 is 0 Å². The molecule has 1 N–H and O–H groups in total. The minimum absolute atomic E-state index is 0.119. The van der Waals surface area contributed by atoms with Crippen LogP contribution in [0.1, 0.15) is 5.56 Å². The van der Waals surface area contributed by atoms with Crippen molar-refractivity contribution in [2.45, 2.75) is 6.92 Å². The Labute approximate surface area is 151 Å². The van der Waals surface area contributed by atoms with Gasteiger partial charge in [-0.15, -0.1) is 0 Å². The summed E-state index contributed by atoms with van der Waals surface area (Å²) in [6.07, 6.45) is 1.95. The van der Waals surface area contributed by atoms with Crippen LogP contribution in [0.15, 0.2) is 85.1 Å². The molecule has 4 aromatic rings. The van der Waals surface area contributed by atoms with E-state index in [9.17, 15) is 5.11 Å². The number of benzene rings is 3. The van der Waals surface area contributed by atoms with E-state index >= 15 is 0 Å². The van der Waals surface area contributed by atoms with Gasteiger partial charge in [0, 0.05) is 11.8 Å². The number of ether oxygens (including phenoxy) is 1. The first kappa shape index (κ1) is 16.0. The molecular weight excluding hydrogens is 324 g/mol. The van der Waals surface area contributed by atoms with Gasteiger partial charge in [0.15, 0.2) is 11.5 Å². The summed E-state index contributed by atoms with van der Waals surface area (Å²) in [7, 11) is 0. The predicted octanol–water partition coefficient (Wildman–Crippen LogP) is 5.35. The molecule has 26 heavy (non-hydrogen) atoms. The van der Waals surface area contributed by atoms with Gasteiger partial charge in [0.1, 0.15) is 5.75 Å². The van der Waals surface area contributed by atoms with Crippen LogP contribution in [0.2, 0.25) is 0 Å². The van der Waals surface area contributed by atoms with Crippen LogP contribution in [0.4, 0.5) is 0 Å². The van der Waals surface area contributed by atoms with Crippen molar-refractivity contribution in [3.63, 3.8) is 0 Å². The molecule has 0 saturated carbocycles. The van der Waals surface area contributed by atoms with Crippen molar-refractivity contribution in [1.29, 1.82) is 0 Å². The maximum absolute atomic E-state index is 9.79. The maximum atomic E-state index is 9.79. The van der Waals surface area contributed by atoms with E-state index in [0.717, 1.165) is 16.9 Å². The van der Waals surface area contributed by atoms with Crippen LogP contribution in [0.5, 0.6) is 17.2 Å². The molecular formula is C22H18N2O2. The van der Waals surface area contributed by atoms with Gasteiger partial charge in [-0.25, -0.2) is 4.68 Å². The van der Waals surface area contributed by atoms with Gasteiger partial charge in [-0.3, -0.25) is 0 Å². The summed E-state index contributed by atoms with van der Waals surface area (Å²) in [5, 5.41) is 14.4. The fraction of sp³-hybridized carbons (Fsp3) is 0.0455. The Hall–Kier alpha value is -3.53. The van der Waals surface area contributed by atoms with Gasteiger partial charge in [0.2, 0.25) is 0 Å². The molecule has 0 aliphatic rings. The summed E-state index contributed by atoms with van der Waals surface area (Å²) in [6.45, 7) is 2.07. The largest absolute Gasteiger partial charge is 0.504 e. The first-order valence-corrected chi connectivity index (χ1v) is 8.38. The quantitative estimate of drug-likeness (QED) is 0.544. The van der Waals surface area contributed by atoms with Gasteiger partial charge in [-0.05, 0) is 61.5 Å². The number of aromatic hydroxyl groups is 1. The summed E-state index contributed by atoms with van der Waals surface area (Å²) < 4.78 is 7.57. The van der Waals surface area contributed by atoms with Gasteiger partial charge in [0.25, 0.3) is 0 Å². The van der Waals surface area contributed by atoms with Crippen LogP contribution < -0.4 is 4.74 Å². The fourth-order valence-corrected chi connectivity index (χ4v) is 2.68. The maximum Gasteiger partial charge on any atom is 0.169 e. The number of phenolic OH excluding ortho intramolecular Hbond substituents is 1. The third-order valence-corrected chi connectivity index (χ3v) is 4.13. The SMILES string of the molecule is Cc1ccc(-n2ccc(-c3ccc(Oc4ccccc4O)cc3)n2)cc1. The lowest BCUT2D eigenvalue weighted by Gasteiger charge is -2.07. The zero-order valence-corrected chi connectivity index (χ0v) is 14.3. The number of hydrogen-bond acceptors (Lipinski definition) is 3. The molecule has 1 aromatic heterocycles. The fourth-order valence-electron chi connectivity index (χ4n) is 2.68. The second-order valence-electron chi connectivity index (χ2n) is 6.08. The molecule has 0 unspecified atom stereocenters. The van der Waals surface area contributed by atoms with Gasteiger partial charge < -0.3 is 9.84 Å². The number of hydrogen-bond donors (Lipinski definition) is 1. The Morgan fingerprint density at radius 3 is 2.31 bits per heavy atom. The van der Waals surface area contributed by atoms with Crippen molar-refractivity contribution in [3.05, 3.63) is 90.6 Å². The molecule has 0 amide bonds. The topological polar surface area (TPSA) is 47.3 Å². The van der Waals surface area contributed by atoms with E-state index in [-0.39, 0.29) is 5.75 Å². The lowest BCUT2D eigenvalue weighted by Crippen LogP contribution is -1.94. The predicted molar refractivity (Wildman–Crippen MR) is 102 cm³/mol. The molecule has 0 spiro atoms. The number of nitrogens with zero attached hydrogens (tertiary/aromatic N) is 2. The van der Waals surface area contributed by atoms with Gasteiger partial charge in [-0.2, -0.15) is 5.10 Å². The van der Waals surface area contributed by atoms with Crippen LogP contribution in [-0.4, -0.2) is 14.9 Å². The van der Waals surface area contributed by atoms with Crippen molar-refractivity contribution >= 4 is 0 Å². The van der Waals surface area contributed by atoms with Crippen molar-refractivity contribution in [2.75, 3.05) is 0 Å². The molecule has 1 heterocycles. The van der Waals surface area contributed by atoms with Crippen molar-refractivity contribution < 1.29 is 9.84 Å². The van der Waals surface area contributed by atoms with E-state index in [4.69, 9.17) is 4.74 Å². The molecule has 0 fully saturated rings. The smallest absolute Gasteiger partial charge is 0.169 e. The number of rotatable bonds is 4. The second kappa shape index (κ2) is 6.76. The molecule has 0 saturated heterocycles. The Morgan fingerprint density at radius 1 is 0.846 bits per heavy atom. The van der Waals surface area contributed by atoms with E-state index in [1.807, 2.05) is 47.3 Å². The molecule has 0 aliphatic heterocycles.